The third-order valence-corrected chi connectivity index (χ3v) is 5.29. The van der Waals surface area contributed by atoms with Crippen molar-refractivity contribution in [3.63, 3.8) is 0 Å². The number of halogens is 2. The van der Waals surface area contributed by atoms with Gasteiger partial charge in [-0.15, -0.1) is 0 Å². The van der Waals surface area contributed by atoms with Crippen molar-refractivity contribution in [1.82, 2.24) is 5.32 Å². The van der Waals surface area contributed by atoms with Gasteiger partial charge in [0.2, 0.25) is 0 Å². The number of hydrogen-bond acceptors (Lipinski definition) is 5. The molecule has 33 heavy (non-hydrogen) atoms. The van der Waals surface area contributed by atoms with Gasteiger partial charge in [-0.25, -0.2) is 4.39 Å². The van der Waals surface area contributed by atoms with Crippen LogP contribution in [0.3, 0.4) is 0 Å². The predicted molar refractivity (Wildman–Crippen MR) is 125 cm³/mol. The fourth-order valence-corrected chi connectivity index (χ4v) is 3.57. The van der Waals surface area contributed by atoms with Crippen LogP contribution < -0.4 is 10.6 Å². The molecule has 0 amide bonds. The van der Waals surface area contributed by atoms with E-state index in [1.165, 1.54) is 23.3 Å². The van der Waals surface area contributed by atoms with Crippen molar-refractivity contribution < 1.29 is 28.9 Å². The van der Waals surface area contributed by atoms with Gasteiger partial charge in [-0.1, -0.05) is 29.8 Å². The number of carboxylic acids is 2. The van der Waals surface area contributed by atoms with E-state index in [1.54, 1.807) is 12.1 Å². The zero-order valence-electron chi connectivity index (χ0n) is 18.6. The largest absolute Gasteiger partial charge is 0.481 e. The van der Waals surface area contributed by atoms with Crippen LogP contribution in [-0.2, 0) is 33.8 Å². The van der Waals surface area contributed by atoms with Crippen LogP contribution in [0, 0.1) is 5.82 Å². The van der Waals surface area contributed by atoms with Crippen LogP contribution in [0.4, 0.5) is 10.1 Å². The van der Waals surface area contributed by atoms with E-state index in [0.29, 0.717) is 13.2 Å². The van der Waals surface area contributed by atoms with Crippen LogP contribution in [-0.4, -0.2) is 47.9 Å². The molecule has 1 aliphatic heterocycles. The van der Waals surface area contributed by atoms with Gasteiger partial charge in [-0.3, -0.25) is 9.59 Å². The first-order valence-electron chi connectivity index (χ1n) is 10.8. The first-order valence-corrected chi connectivity index (χ1v) is 11.2. The van der Waals surface area contributed by atoms with Crippen LogP contribution >= 0.6 is 11.6 Å². The standard InChI is InChI=1S/C20H24ClFN2O.C4H6O4/c1-14(12-25-13-15-2-5-17(22)6-3-15)24-20-18-9-11-23-10-8-16(18)4-7-19(20)21;5-3(6)1-2-4(7)8/h2-7,14,23-24H,8-13H2,1H3;1-2H2,(H,5,6)(H,7,8)/t14-;/m1./s1. The minimum absolute atomic E-state index is 0.126. The smallest absolute Gasteiger partial charge is 0.303 e. The molecule has 0 aromatic heterocycles. The molecule has 0 saturated heterocycles. The highest BCUT2D eigenvalue weighted by molar-refractivity contribution is 6.33. The number of anilines is 1. The highest BCUT2D eigenvalue weighted by Gasteiger charge is 2.16. The Labute approximate surface area is 197 Å². The number of nitrogens with one attached hydrogen (secondary N) is 2. The summed E-state index contributed by atoms with van der Waals surface area (Å²) in [6.07, 6.45) is 1.41. The molecule has 0 unspecified atom stereocenters. The Bertz CT molecular complexity index is 910. The van der Waals surface area contributed by atoms with E-state index in [-0.39, 0.29) is 24.7 Å². The molecule has 2 aromatic carbocycles. The molecular weight excluding hydrogens is 451 g/mol. The molecular formula is C24H30ClFN2O5. The summed E-state index contributed by atoms with van der Waals surface area (Å²) in [6.45, 7) is 5.07. The maximum Gasteiger partial charge on any atom is 0.303 e. The van der Waals surface area contributed by atoms with Gasteiger partial charge in [0, 0.05) is 6.04 Å². The highest BCUT2D eigenvalue weighted by Crippen LogP contribution is 2.31. The summed E-state index contributed by atoms with van der Waals surface area (Å²) in [5, 5.41) is 23.5. The Morgan fingerprint density at radius 3 is 2.36 bits per heavy atom. The predicted octanol–water partition coefficient (Wildman–Crippen LogP) is 4.12. The lowest BCUT2D eigenvalue weighted by molar-refractivity contribution is -0.143. The van der Waals surface area contributed by atoms with Gasteiger partial charge in [-0.2, -0.15) is 0 Å². The molecule has 0 bridgehead atoms. The maximum absolute atomic E-state index is 12.9. The SMILES string of the molecule is C[C@H](COCc1ccc(F)cc1)Nc1c(Cl)ccc2c1CCNCC2.O=C(O)CCC(=O)O. The van der Waals surface area contributed by atoms with E-state index in [2.05, 4.69) is 23.6 Å². The number of hydrogen-bond donors (Lipinski definition) is 4. The molecule has 0 radical (unpaired) electrons. The maximum atomic E-state index is 12.9. The lowest BCUT2D eigenvalue weighted by Crippen LogP contribution is -2.23. The summed E-state index contributed by atoms with van der Waals surface area (Å²) < 4.78 is 18.7. The Morgan fingerprint density at radius 2 is 1.73 bits per heavy atom. The second-order valence-electron chi connectivity index (χ2n) is 7.78. The zero-order chi connectivity index (χ0) is 24.2. The number of aliphatic carboxylic acids is 2. The fraction of sp³-hybridized carbons (Fsp3) is 0.417. The molecule has 2 aromatic rings. The molecule has 3 rings (SSSR count). The van der Waals surface area contributed by atoms with Gasteiger partial charge in [-0.05, 0) is 67.7 Å². The van der Waals surface area contributed by atoms with Crippen molar-refractivity contribution in [2.75, 3.05) is 25.0 Å². The average molecular weight is 481 g/mol. The fourth-order valence-electron chi connectivity index (χ4n) is 3.34. The second kappa shape index (κ2) is 13.8. The first kappa shape index (κ1) is 26.6. The molecule has 0 fully saturated rings. The Kier molecular flexibility index (Phi) is 11.1. The van der Waals surface area contributed by atoms with Gasteiger partial charge in [0.25, 0.3) is 0 Å². The van der Waals surface area contributed by atoms with Crippen molar-refractivity contribution in [1.29, 1.82) is 0 Å². The van der Waals surface area contributed by atoms with E-state index in [9.17, 15) is 14.0 Å². The minimum Gasteiger partial charge on any atom is -0.481 e. The van der Waals surface area contributed by atoms with Gasteiger partial charge in [0.15, 0.2) is 0 Å². The molecule has 0 spiro atoms. The quantitative estimate of drug-likeness (QED) is 0.427. The van der Waals surface area contributed by atoms with Crippen LogP contribution in [0.15, 0.2) is 36.4 Å². The molecule has 0 saturated carbocycles. The van der Waals surface area contributed by atoms with Crippen molar-refractivity contribution in [2.24, 2.45) is 0 Å². The second-order valence-corrected chi connectivity index (χ2v) is 8.19. The Hall–Kier alpha value is -2.68. The number of carbonyl (C=O) groups is 2. The summed E-state index contributed by atoms with van der Waals surface area (Å²) in [5.41, 5.74) is 4.66. The van der Waals surface area contributed by atoms with Gasteiger partial charge in [0.05, 0.1) is 36.8 Å². The van der Waals surface area contributed by atoms with E-state index < -0.39 is 11.9 Å². The van der Waals surface area contributed by atoms with E-state index in [1.807, 2.05) is 6.07 Å². The minimum atomic E-state index is -1.08. The molecule has 1 aliphatic rings. The topological polar surface area (TPSA) is 108 Å². The summed E-state index contributed by atoms with van der Waals surface area (Å²) in [6, 6.07) is 10.6. The molecule has 0 aliphatic carbocycles. The van der Waals surface area contributed by atoms with E-state index in [0.717, 1.165) is 42.2 Å². The monoisotopic (exact) mass is 480 g/mol. The van der Waals surface area contributed by atoms with Crippen LogP contribution in [0.1, 0.15) is 36.5 Å². The van der Waals surface area contributed by atoms with E-state index >= 15 is 0 Å². The lowest BCUT2D eigenvalue weighted by Gasteiger charge is -2.21. The van der Waals surface area contributed by atoms with Gasteiger partial charge in [0.1, 0.15) is 5.82 Å². The van der Waals surface area contributed by atoms with Crippen molar-refractivity contribution in [3.05, 3.63) is 63.9 Å². The van der Waals surface area contributed by atoms with Crippen LogP contribution in [0.5, 0.6) is 0 Å². The number of benzene rings is 2. The average Bonchev–Trinajstić information content (AvgIpc) is 3.02. The highest BCUT2D eigenvalue weighted by atomic mass is 35.5. The van der Waals surface area contributed by atoms with Gasteiger partial charge < -0.3 is 25.6 Å². The third kappa shape index (κ3) is 9.77. The molecule has 7 nitrogen and oxygen atoms in total. The van der Waals surface area contributed by atoms with Crippen LogP contribution in [0.2, 0.25) is 5.02 Å². The summed E-state index contributed by atoms with van der Waals surface area (Å²) in [7, 11) is 0. The zero-order valence-corrected chi connectivity index (χ0v) is 19.3. The van der Waals surface area contributed by atoms with E-state index in [4.69, 9.17) is 26.6 Å². The normalized spacial score (nSPS) is 13.7. The number of ether oxygens (including phenoxy) is 1. The molecule has 1 atom stereocenters. The Balaban J connectivity index is 0.000000414. The molecule has 9 heteroatoms. The number of rotatable bonds is 9. The van der Waals surface area contributed by atoms with Crippen molar-refractivity contribution in [2.45, 2.75) is 45.3 Å². The number of carboxylic acid groups (broad SMARTS) is 2. The van der Waals surface area contributed by atoms with Crippen molar-refractivity contribution >= 4 is 29.2 Å². The molecule has 1 heterocycles. The van der Waals surface area contributed by atoms with Crippen LogP contribution in [0.25, 0.3) is 0 Å². The van der Waals surface area contributed by atoms with Crippen molar-refractivity contribution in [3.8, 4) is 0 Å². The lowest BCUT2D eigenvalue weighted by atomic mass is 10.0. The summed E-state index contributed by atoms with van der Waals surface area (Å²) >= 11 is 6.44. The third-order valence-electron chi connectivity index (χ3n) is 4.98. The first-order chi connectivity index (χ1) is 15.8. The summed E-state index contributed by atoms with van der Waals surface area (Å²) in [4.78, 5) is 19.3. The molecule has 180 valence electrons. The number of fused-ring (bicyclic) bond motifs is 1. The summed E-state index contributed by atoms with van der Waals surface area (Å²) in [5.74, 6) is -2.38. The Morgan fingerprint density at radius 1 is 1.09 bits per heavy atom. The van der Waals surface area contributed by atoms with Gasteiger partial charge >= 0.3 is 11.9 Å². The molecule has 4 N–H and O–H groups in total.